The highest BCUT2D eigenvalue weighted by Crippen LogP contribution is 2.07. The van der Waals surface area contributed by atoms with Crippen LogP contribution < -0.4 is 0 Å². The van der Waals surface area contributed by atoms with Gasteiger partial charge in [-0.15, -0.1) is 10.2 Å². The number of nitrogens with zero attached hydrogens (tertiary/aromatic N) is 5. The molecular formula is C10H11N5O5. The van der Waals surface area contributed by atoms with E-state index in [0.29, 0.717) is 18.9 Å². The minimum absolute atomic E-state index is 0.0866. The molecule has 2 aromatic heterocycles. The topological polar surface area (TPSA) is 126 Å². The molecule has 2 aromatic rings. The van der Waals surface area contributed by atoms with Crippen LogP contribution in [0.3, 0.4) is 0 Å². The second-order valence-corrected chi connectivity index (χ2v) is 3.79. The summed E-state index contributed by atoms with van der Waals surface area (Å²) in [7, 11) is 1.27. The molecule has 0 unspecified atom stereocenters. The Balaban J connectivity index is 1.90. The van der Waals surface area contributed by atoms with E-state index in [1.165, 1.54) is 24.1 Å². The Morgan fingerprint density at radius 1 is 1.50 bits per heavy atom. The van der Waals surface area contributed by atoms with Gasteiger partial charge in [-0.3, -0.25) is 4.79 Å². The average molecular weight is 281 g/mol. The zero-order chi connectivity index (χ0) is 14.5. The third-order valence-electron chi connectivity index (χ3n) is 2.40. The van der Waals surface area contributed by atoms with E-state index in [0.717, 1.165) is 0 Å². The van der Waals surface area contributed by atoms with Crippen LogP contribution in [-0.4, -0.2) is 38.0 Å². The van der Waals surface area contributed by atoms with Crippen molar-refractivity contribution in [3.05, 3.63) is 34.2 Å². The highest BCUT2D eigenvalue weighted by molar-refractivity contribution is 5.70. The van der Waals surface area contributed by atoms with Crippen molar-refractivity contribution >= 4 is 11.8 Å². The van der Waals surface area contributed by atoms with Gasteiger partial charge in [-0.25, -0.2) is 0 Å². The maximum atomic E-state index is 11.0. The zero-order valence-electron chi connectivity index (χ0n) is 10.6. The van der Waals surface area contributed by atoms with Crippen LogP contribution in [0.5, 0.6) is 0 Å². The summed E-state index contributed by atoms with van der Waals surface area (Å²) >= 11 is 0. The summed E-state index contributed by atoms with van der Waals surface area (Å²) in [5, 5.41) is 21.7. The molecule has 0 fully saturated rings. The summed E-state index contributed by atoms with van der Waals surface area (Å²) in [4.78, 5) is 20.9. The molecule has 10 heteroatoms. The Morgan fingerprint density at radius 3 is 2.90 bits per heavy atom. The number of hydrogen-bond acceptors (Lipinski definition) is 8. The van der Waals surface area contributed by atoms with Crippen molar-refractivity contribution in [2.75, 3.05) is 7.11 Å². The lowest BCUT2D eigenvalue weighted by atomic mass is 10.4. The molecule has 0 atom stereocenters. The molecule has 0 N–H and O–H groups in total. The fraction of sp³-hybridized carbons (Fsp3) is 0.400. The van der Waals surface area contributed by atoms with Crippen molar-refractivity contribution in [3.8, 4) is 0 Å². The number of methoxy groups -OCH3 is 1. The lowest BCUT2D eigenvalue weighted by molar-refractivity contribution is -0.389. The molecule has 2 rings (SSSR count). The Morgan fingerprint density at radius 2 is 2.25 bits per heavy atom. The average Bonchev–Trinajstić information content (AvgIpc) is 3.05. The molecule has 20 heavy (non-hydrogen) atoms. The quantitative estimate of drug-likeness (QED) is 0.415. The van der Waals surface area contributed by atoms with Gasteiger partial charge in [0.15, 0.2) is 0 Å². The minimum Gasteiger partial charge on any atom is -0.469 e. The second kappa shape index (κ2) is 5.91. The number of carbonyl (C=O) groups is 1. The largest absolute Gasteiger partial charge is 0.469 e. The van der Waals surface area contributed by atoms with E-state index in [9.17, 15) is 14.9 Å². The van der Waals surface area contributed by atoms with Gasteiger partial charge in [0.05, 0.1) is 31.0 Å². The van der Waals surface area contributed by atoms with E-state index in [1.54, 1.807) is 0 Å². The Hall–Kier alpha value is -2.78. The number of nitro groups is 1. The summed E-state index contributed by atoms with van der Waals surface area (Å²) in [6.07, 6.45) is 1.76. The Labute approximate surface area is 112 Å². The van der Waals surface area contributed by atoms with Crippen LogP contribution >= 0.6 is 0 Å². The van der Waals surface area contributed by atoms with Gasteiger partial charge in [0.2, 0.25) is 11.8 Å². The fourth-order valence-corrected chi connectivity index (χ4v) is 1.44. The van der Waals surface area contributed by atoms with Gasteiger partial charge in [-0.05, 0) is 4.92 Å². The van der Waals surface area contributed by atoms with Gasteiger partial charge >= 0.3 is 11.8 Å². The van der Waals surface area contributed by atoms with Gasteiger partial charge in [-0.1, -0.05) is 0 Å². The summed E-state index contributed by atoms with van der Waals surface area (Å²) < 4.78 is 11.1. The van der Waals surface area contributed by atoms with E-state index in [4.69, 9.17) is 4.42 Å². The molecule has 2 heterocycles. The number of aromatic nitrogens is 4. The normalized spacial score (nSPS) is 10.4. The zero-order valence-corrected chi connectivity index (χ0v) is 10.6. The SMILES string of the molecule is COC(=O)Cc1nnc(CCn2ccc([N+](=O)[O-])n2)o1. The van der Waals surface area contributed by atoms with Gasteiger partial charge in [0, 0.05) is 6.42 Å². The molecule has 0 spiro atoms. The van der Waals surface area contributed by atoms with Crippen LogP contribution in [0.15, 0.2) is 16.7 Å². The van der Waals surface area contributed by atoms with E-state index in [-0.39, 0.29) is 18.1 Å². The van der Waals surface area contributed by atoms with Crippen LogP contribution in [-0.2, 0) is 28.9 Å². The van der Waals surface area contributed by atoms with Crippen LogP contribution in [0.2, 0.25) is 0 Å². The van der Waals surface area contributed by atoms with Crippen molar-refractivity contribution in [2.24, 2.45) is 0 Å². The van der Waals surface area contributed by atoms with Gasteiger partial charge in [0.1, 0.15) is 6.42 Å². The van der Waals surface area contributed by atoms with E-state index >= 15 is 0 Å². The third kappa shape index (κ3) is 3.37. The minimum atomic E-state index is -0.572. The summed E-state index contributed by atoms with van der Waals surface area (Å²) in [6, 6.07) is 1.30. The van der Waals surface area contributed by atoms with Crippen molar-refractivity contribution in [2.45, 2.75) is 19.4 Å². The smallest absolute Gasteiger partial charge is 0.389 e. The highest BCUT2D eigenvalue weighted by atomic mass is 16.6. The molecule has 0 radical (unpaired) electrons. The second-order valence-electron chi connectivity index (χ2n) is 3.79. The number of hydrogen-bond donors (Lipinski definition) is 0. The van der Waals surface area contributed by atoms with Crippen molar-refractivity contribution in [1.82, 2.24) is 20.0 Å². The van der Waals surface area contributed by atoms with Gasteiger partial charge < -0.3 is 19.3 Å². The Kier molecular flexibility index (Phi) is 4.03. The molecule has 0 aliphatic rings. The monoisotopic (exact) mass is 281 g/mol. The molecule has 106 valence electrons. The van der Waals surface area contributed by atoms with Crippen LogP contribution in [0.25, 0.3) is 0 Å². The summed E-state index contributed by atoms with van der Waals surface area (Å²) in [5.74, 6) is -0.204. The van der Waals surface area contributed by atoms with E-state index in [1.807, 2.05) is 0 Å². The van der Waals surface area contributed by atoms with Crippen molar-refractivity contribution < 1.29 is 18.9 Å². The highest BCUT2D eigenvalue weighted by Gasteiger charge is 2.13. The maximum absolute atomic E-state index is 11.0. The number of rotatable bonds is 6. The molecule has 0 bridgehead atoms. The first kappa shape index (κ1) is 13.6. The molecule has 0 aliphatic heterocycles. The molecule has 0 aliphatic carbocycles. The Bertz CT molecular complexity index is 619. The standard InChI is InChI=1S/C10H11N5O5/c1-19-10(16)6-9-12-11-8(20-9)3-5-14-4-2-7(13-14)15(17)18/h2,4H,3,5-6H2,1H3. The predicted molar refractivity (Wildman–Crippen MR) is 62.6 cm³/mol. The van der Waals surface area contributed by atoms with Gasteiger partial charge in [-0.2, -0.15) is 4.68 Å². The molecule has 0 aromatic carbocycles. The lowest BCUT2D eigenvalue weighted by Crippen LogP contribution is -2.04. The number of aryl methyl sites for hydroxylation is 2. The number of carbonyl (C=O) groups excluding carboxylic acids is 1. The lowest BCUT2D eigenvalue weighted by Gasteiger charge is -1.94. The first-order chi connectivity index (χ1) is 9.58. The maximum Gasteiger partial charge on any atom is 0.389 e. The van der Waals surface area contributed by atoms with Crippen molar-refractivity contribution in [1.29, 1.82) is 0 Å². The van der Waals surface area contributed by atoms with Gasteiger partial charge in [0.25, 0.3) is 0 Å². The third-order valence-corrected chi connectivity index (χ3v) is 2.40. The van der Waals surface area contributed by atoms with Crippen LogP contribution in [0.4, 0.5) is 5.82 Å². The number of ether oxygens (including phenoxy) is 1. The van der Waals surface area contributed by atoms with Crippen LogP contribution in [0.1, 0.15) is 11.8 Å². The van der Waals surface area contributed by atoms with E-state index in [2.05, 4.69) is 20.0 Å². The molecule has 0 saturated carbocycles. The molecular weight excluding hydrogens is 270 g/mol. The first-order valence-corrected chi connectivity index (χ1v) is 5.64. The summed E-state index contributed by atoms with van der Waals surface area (Å²) in [5.41, 5.74) is 0. The fourth-order valence-electron chi connectivity index (χ4n) is 1.44. The summed E-state index contributed by atoms with van der Waals surface area (Å²) in [6.45, 7) is 0.355. The number of esters is 1. The van der Waals surface area contributed by atoms with Crippen LogP contribution in [0, 0.1) is 10.1 Å². The predicted octanol–water partition coefficient (Wildman–Crippen LogP) is 0.132. The van der Waals surface area contributed by atoms with Crippen molar-refractivity contribution in [3.63, 3.8) is 0 Å². The molecule has 0 saturated heterocycles. The molecule has 10 nitrogen and oxygen atoms in total. The first-order valence-electron chi connectivity index (χ1n) is 5.64. The molecule has 0 amide bonds. The van der Waals surface area contributed by atoms with E-state index < -0.39 is 10.9 Å².